The average Bonchev–Trinajstić information content (AvgIpc) is 2.71. The summed E-state index contributed by atoms with van der Waals surface area (Å²) in [5.41, 5.74) is 1.57. The van der Waals surface area contributed by atoms with Gasteiger partial charge in [-0.3, -0.25) is 8.89 Å². The SMILES string of the molecule is CC(C)n1cc(-c2ccnc(CS(=O)[O-])n2)c(I)n1. The van der Waals surface area contributed by atoms with E-state index in [9.17, 15) is 8.76 Å². The second-order valence-corrected chi connectivity index (χ2v) is 6.13. The van der Waals surface area contributed by atoms with Crippen LogP contribution in [-0.2, 0) is 16.8 Å². The third-order valence-corrected chi connectivity index (χ3v) is 3.74. The van der Waals surface area contributed by atoms with Crippen LogP contribution < -0.4 is 0 Å². The third kappa shape index (κ3) is 3.57. The van der Waals surface area contributed by atoms with Crippen molar-refractivity contribution in [3.05, 3.63) is 28.0 Å². The van der Waals surface area contributed by atoms with Crippen LogP contribution in [0, 0.1) is 3.70 Å². The molecular weight excluding hydrogens is 379 g/mol. The zero-order valence-corrected chi connectivity index (χ0v) is 13.4. The third-order valence-electron chi connectivity index (χ3n) is 2.44. The highest BCUT2D eigenvalue weighted by Crippen LogP contribution is 2.23. The van der Waals surface area contributed by atoms with Gasteiger partial charge in [-0.2, -0.15) is 5.10 Å². The van der Waals surface area contributed by atoms with Crippen LogP contribution in [0.4, 0.5) is 0 Å². The Hall–Kier alpha value is -0.870. The summed E-state index contributed by atoms with van der Waals surface area (Å²) in [7, 11) is 0. The molecule has 2 aromatic rings. The molecule has 19 heavy (non-hydrogen) atoms. The van der Waals surface area contributed by atoms with Crippen LogP contribution in [0.15, 0.2) is 18.5 Å². The number of rotatable bonds is 4. The molecule has 0 saturated heterocycles. The first-order valence-corrected chi connectivity index (χ1v) is 7.92. The molecule has 0 bridgehead atoms. The molecule has 0 amide bonds. The van der Waals surface area contributed by atoms with Crippen LogP contribution in [0.1, 0.15) is 25.7 Å². The van der Waals surface area contributed by atoms with Gasteiger partial charge in [0.05, 0.1) is 17.0 Å². The van der Waals surface area contributed by atoms with Crippen LogP contribution >= 0.6 is 22.6 Å². The van der Waals surface area contributed by atoms with Gasteiger partial charge in [-0.15, -0.1) is 0 Å². The van der Waals surface area contributed by atoms with E-state index in [1.165, 1.54) is 0 Å². The highest BCUT2D eigenvalue weighted by molar-refractivity contribution is 14.1. The number of nitrogens with zero attached hydrogens (tertiary/aromatic N) is 4. The lowest BCUT2D eigenvalue weighted by Gasteiger charge is -2.05. The molecule has 6 nitrogen and oxygen atoms in total. The van der Waals surface area contributed by atoms with Crippen molar-refractivity contribution < 1.29 is 8.76 Å². The lowest BCUT2D eigenvalue weighted by atomic mass is 10.2. The Bertz CT molecular complexity index is 614. The maximum absolute atomic E-state index is 10.7. The van der Waals surface area contributed by atoms with Crippen molar-refractivity contribution >= 4 is 33.7 Å². The maximum atomic E-state index is 10.7. The highest BCUT2D eigenvalue weighted by atomic mass is 127. The van der Waals surface area contributed by atoms with E-state index in [0.717, 1.165) is 9.26 Å². The van der Waals surface area contributed by atoms with E-state index in [-0.39, 0.29) is 11.8 Å². The first-order valence-electron chi connectivity index (χ1n) is 5.60. The van der Waals surface area contributed by atoms with Crippen molar-refractivity contribution in [1.29, 1.82) is 0 Å². The van der Waals surface area contributed by atoms with Crippen molar-refractivity contribution in [3.8, 4) is 11.3 Å². The molecule has 2 aromatic heterocycles. The normalized spacial score (nSPS) is 12.9. The first kappa shape index (κ1) is 14.5. The summed E-state index contributed by atoms with van der Waals surface area (Å²) in [4.78, 5) is 8.20. The molecule has 1 atom stereocenters. The van der Waals surface area contributed by atoms with Gasteiger partial charge in [-0.1, -0.05) is 0 Å². The first-order chi connectivity index (χ1) is 8.97. The van der Waals surface area contributed by atoms with Gasteiger partial charge in [0.25, 0.3) is 0 Å². The van der Waals surface area contributed by atoms with E-state index < -0.39 is 11.1 Å². The predicted molar refractivity (Wildman–Crippen MR) is 79.0 cm³/mol. The van der Waals surface area contributed by atoms with Gasteiger partial charge in [-0.05, 0) is 53.6 Å². The zero-order valence-electron chi connectivity index (χ0n) is 10.4. The van der Waals surface area contributed by atoms with E-state index in [0.29, 0.717) is 11.5 Å². The monoisotopic (exact) mass is 391 g/mol. The van der Waals surface area contributed by atoms with Crippen molar-refractivity contribution in [3.63, 3.8) is 0 Å². The second-order valence-electron chi connectivity index (χ2n) is 4.21. The molecule has 0 saturated carbocycles. The Labute approximate surface area is 127 Å². The van der Waals surface area contributed by atoms with Gasteiger partial charge in [-0.25, -0.2) is 9.97 Å². The quantitative estimate of drug-likeness (QED) is 0.587. The molecule has 2 heterocycles. The second kappa shape index (κ2) is 6.06. The number of halogens is 1. The molecule has 0 aliphatic heterocycles. The number of hydrogen-bond donors (Lipinski definition) is 0. The summed E-state index contributed by atoms with van der Waals surface area (Å²) in [5, 5.41) is 4.40. The Morgan fingerprint density at radius 2 is 2.26 bits per heavy atom. The summed E-state index contributed by atoms with van der Waals surface area (Å²) in [5.74, 6) is 0.113. The van der Waals surface area contributed by atoms with Crippen LogP contribution in [0.25, 0.3) is 11.3 Å². The number of aromatic nitrogens is 4. The molecule has 0 aliphatic rings. The minimum atomic E-state index is -2.19. The van der Waals surface area contributed by atoms with Crippen LogP contribution in [0.5, 0.6) is 0 Å². The van der Waals surface area contributed by atoms with Gasteiger partial charge in [0.2, 0.25) is 0 Å². The molecule has 0 aliphatic carbocycles. The standard InChI is InChI=1S/C11H13IN4O2S/c1-7(2)16-5-8(11(12)15-16)9-3-4-13-10(14-9)6-19(17)18/h3-5,7H,6H2,1-2H3,(H,17,18)/p-1. The van der Waals surface area contributed by atoms with E-state index in [1.54, 1.807) is 12.3 Å². The minimum absolute atomic E-state index is 0.178. The van der Waals surface area contributed by atoms with Crippen LogP contribution in [-0.4, -0.2) is 28.5 Å². The van der Waals surface area contributed by atoms with E-state index in [1.807, 2.05) is 24.7 Å². The molecule has 2 rings (SSSR count). The van der Waals surface area contributed by atoms with Gasteiger partial charge in [0.1, 0.15) is 9.53 Å². The fraction of sp³-hybridized carbons (Fsp3) is 0.364. The molecular formula is C11H12IN4O2S-. The molecule has 0 spiro atoms. The summed E-state index contributed by atoms with van der Waals surface area (Å²) >= 11 is -0.0452. The van der Waals surface area contributed by atoms with E-state index in [4.69, 9.17) is 0 Å². The Morgan fingerprint density at radius 3 is 2.84 bits per heavy atom. The largest absolute Gasteiger partial charge is 0.772 e. The average molecular weight is 391 g/mol. The van der Waals surface area contributed by atoms with E-state index in [2.05, 4.69) is 37.7 Å². The fourth-order valence-corrected chi connectivity index (χ4v) is 2.54. The lowest BCUT2D eigenvalue weighted by molar-refractivity contribution is 0.529. The van der Waals surface area contributed by atoms with Crippen molar-refractivity contribution in [1.82, 2.24) is 19.7 Å². The molecule has 0 fully saturated rings. The van der Waals surface area contributed by atoms with E-state index >= 15 is 0 Å². The Balaban J connectivity index is 2.38. The topological polar surface area (TPSA) is 83.7 Å². The number of hydrogen-bond acceptors (Lipinski definition) is 5. The molecule has 0 aromatic carbocycles. The molecule has 102 valence electrons. The Kier molecular flexibility index (Phi) is 4.63. The molecule has 0 N–H and O–H groups in total. The smallest absolute Gasteiger partial charge is 0.140 e. The van der Waals surface area contributed by atoms with Gasteiger partial charge >= 0.3 is 0 Å². The molecule has 1 unspecified atom stereocenters. The zero-order chi connectivity index (χ0) is 14.0. The van der Waals surface area contributed by atoms with Crippen molar-refractivity contribution in [2.24, 2.45) is 0 Å². The molecule has 8 heteroatoms. The van der Waals surface area contributed by atoms with Gasteiger partial charge in [0, 0.05) is 18.4 Å². The summed E-state index contributed by atoms with van der Waals surface area (Å²) in [6.45, 7) is 4.08. The highest BCUT2D eigenvalue weighted by Gasteiger charge is 2.12. The summed E-state index contributed by atoms with van der Waals surface area (Å²) in [6.07, 6.45) is 3.47. The predicted octanol–water partition coefficient (Wildman–Crippen LogP) is 1.90. The summed E-state index contributed by atoms with van der Waals surface area (Å²) < 4.78 is 24.0. The minimum Gasteiger partial charge on any atom is -0.772 e. The molecule has 0 radical (unpaired) electrons. The van der Waals surface area contributed by atoms with Crippen molar-refractivity contribution in [2.75, 3.05) is 0 Å². The fourth-order valence-electron chi connectivity index (χ4n) is 1.53. The Morgan fingerprint density at radius 1 is 1.53 bits per heavy atom. The van der Waals surface area contributed by atoms with Gasteiger partial charge < -0.3 is 4.55 Å². The summed E-state index contributed by atoms with van der Waals surface area (Å²) in [6, 6.07) is 2.01. The maximum Gasteiger partial charge on any atom is 0.140 e. The van der Waals surface area contributed by atoms with Crippen LogP contribution in [0.3, 0.4) is 0 Å². The van der Waals surface area contributed by atoms with Crippen molar-refractivity contribution in [2.45, 2.75) is 25.6 Å². The van der Waals surface area contributed by atoms with Gasteiger partial charge in [0.15, 0.2) is 0 Å². The lowest BCUT2D eigenvalue weighted by Crippen LogP contribution is -2.01. The van der Waals surface area contributed by atoms with Crippen LogP contribution in [0.2, 0.25) is 0 Å².